The first kappa shape index (κ1) is 25.8. The highest BCUT2D eigenvalue weighted by Gasteiger charge is 2.27. The van der Waals surface area contributed by atoms with Gasteiger partial charge in [0, 0.05) is 47.2 Å². The van der Waals surface area contributed by atoms with Crippen LogP contribution in [0.2, 0.25) is 0 Å². The van der Waals surface area contributed by atoms with Gasteiger partial charge in [-0.15, -0.1) is 0 Å². The molecule has 0 aliphatic heterocycles. The van der Waals surface area contributed by atoms with Crippen LogP contribution in [0.1, 0.15) is 65.3 Å². The quantitative estimate of drug-likeness (QED) is 0.542. The smallest absolute Gasteiger partial charge is 0.253 e. The van der Waals surface area contributed by atoms with Crippen molar-refractivity contribution in [3.63, 3.8) is 0 Å². The van der Waals surface area contributed by atoms with Crippen molar-refractivity contribution in [2.75, 3.05) is 26.5 Å². The minimum Gasteiger partial charge on any atom is -0.497 e. The fraction of sp³-hybridized carbons (Fsp3) is 0.556. The van der Waals surface area contributed by atoms with E-state index in [1.165, 1.54) is 25.7 Å². The second kappa shape index (κ2) is 11.1. The molecular formula is C27H40N4O3. The third kappa shape index (κ3) is 6.00. The van der Waals surface area contributed by atoms with Crippen LogP contribution in [0.3, 0.4) is 0 Å². The number of benzene rings is 1. The molecule has 1 aliphatic carbocycles. The zero-order valence-electron chi connectivity index (χ0n) is 21.7. The van der Waals surface area contributed by atoms with Gasteiger partial charge in [0.2, 0.25) is 0 Å². The number of carbonyl (C=O) groups is 1. The molecule has 34 heavy (non-hydrogen) atoms. The minimum atomic E-state index is -0.224. The summed E-state index contributed by atoms with van der Waals surface area (Å²) in [7, 11) is 5.93. The Bertz CT molecular complexity index is 1070. The number of anilines is 1. The summed E-state index contributed by atoms with van der Waals surface area (Å²) in [6.07, 6.45) is 4.81. The van der Waals surface area contributed by atoms with E-state index < -0.39 is 0 Å². The number of nitrogens with zero attached hydrogens (tertiary/aromatic N) is 1. The van der Waals surface area contributed by atoms with Crippen LogP contribution in [0, 0.1) is 26.7 Å². The van der Waals surface area contributed by atoms with E-state index in [-0.39, 0.29) is 18.0 Å². The summed E-state index contributed by atoms with van der Waals surface area (Å²) in [5.74, 6) is 0.999. The van der Waals surface area contributed by atoms with Crippen molar-refractivity contribution in [1.82, 2.24) is 15.2 Å². The van der Waals surface area contributed by atoms with Gasteiger partial charge in [-0.05, 0) is 96.7 Å². The number of carbonyl (C=O) groups excluding carboxylic acids is 1. The molecule has 1 aliphatic rings. The van der Waals surface area contributed by atoms with Crippen LogP contribution < -0.4 is 20.9 Å². The minimum absolute atomic E-state index is 0.166. The van der Waals surface area contributed by atoms with Gasteiger partial charge in [-0.1, -0.05) is 0 Å². The highest BCUT2D eigenvalue weighted by Crippen LogP contribution is 2.32. The summed E-state index contributed by atoms with van der Waals surface area (Å²) < 4.78 is 5.50. The van der Waals surface area contributed by atoms with Crippen LogP contribution in [0.25, 0.3) is 0 Å². The number of methoxy groups -OCH3 is 1. The molecule has 1 atom stereocenters. The number of pyridine rings is 1. The molecule has 0 radical (unpaired) electrons. The summed E-state index contributed by atoms with van der Waals surface area (Å²) in [4.78, 5) is 30.6. The predicted octanol–water partition coefficient (Wildman–Crippen LogP) is 4.16. The van der Waals surface area contributed by atoms with Gasteiger partial charge in [-0.2, -0.15) is 0 Å². The van der Waals surface area contributed by atoms with Crippen LogP contribution in [0.15, 0.2) is 23.0 Å². The topological polar surface area (TPSA) is 86.5 Å². The lowest BCUT2D eigenvalue weighted by atomic mass is 9.81. The van der Waals surface area contributed by atoms with Gasteiger partial charge < -0.3 is 25.3 Å². The number of hydrogen-bond acceptors (Lipinski definition) is 5. The Kier molecular flexibility index (Phi) is 8.42. The number of rotatable bonds is 8. The highest BCUT2D eigenvalue weighted by molar-refractivity contribution is 5.97. The predicted molar refractivity (Wildman–Crippen MR) is 138 cm³/mol. The van der Waals surface area contributed by atoms with Crippen molar-refractivity contribution in [1.29, 1.82) is 0 Å². The molecule has 7 heteroatoms. The number of ether oxygens (including phenoxy) is 1. The largest absolute Gasteiger partial charge is 0.497 e. The number of aromatic nitrogens is 1. The Hall–Kier alpha value is -2.80. The van der Waals surface area contributed by atoms with Crippen LogP contribution in [-0.4, -0.2) is 49.1 Å². The Labute approximate surface area is 203 Å². The van der Waals surface area contributed by atoms with Gasteiger partial charge in [0.15, 0.2) is 0 Å². The van der Waals surface area contributed by atoms with Crippen LogP contribution in [0.5, 0.6) is 5.75 Å². The first-order valence-electron chi connectivity index (χ1n) is 12.2. The zero-order valence-corrected chi connectivity index (χ0v) is 21.7. The Morgan fingerprint density at radius 2 is 1.82 bits per heavy atom. The van der Waals surface area contributed by atoms with Crippen molar-refractivity contribution >= 4 is 11.6 Å². The number of aryl methyl sites for hydroxylation is 2. The molecule has 0 saturated heterocycles. The second-order valence-corrected chi connectivity index (χ2v) is 9.94. The molecule has 1 amide bonds. The summed E-state index contributed by atoms with van der Waals surface area (Å²) in [5, 5.41) is 6.58. The first-order chi connectivity index (χ1) is 16.1. The van der Waals surface area contributed by atoms with Gasteiger partial charge in [0.1, 0.15) is 5.75 Å². The molecule has 0 bridgehead atoms. The van der Waals surface area contributed by atoms with E-state index in [9.17, 15) is 9.59 Å². The molecule has 3 N–H and O–H groups in total. The van der Waals surface area contributed by atoms with Crippen LogP contribution in [-0.2, 0) is 6.54 Å². The molecule has 1 heterocycles. The van der Waals surface area contributed by atoms with Gasteiger partial charge in [-0.3, -0.25) is 9.59 Å². The lowest BCUT2D eigenvalue weighted by molar-refractivity contribution is 0.0950. The van der Waals surface area contributed by atoms with Crippen LogP contribution in [0.4, 0.5) is 5.69 Å². The average Bonchev–Trinajstić information content (AvgIpc) is 2.79. The molecule has 1 saturated carbocycles. The molecule has 1 unspecified atom stereocenters. The molecule has 0 spiro atoms. The number of hydrogen-bond donors (Lipinski definition) is 3. The van der Waals surface area contributed by atoms with Gasteiger partial charge in [0.25, 0.3) is 11.5 Å². The standard InChI is InChI=1S/C27H40N4O3/c1-16-12-17(2)29-27(33)24(16)15-28-26(32)23-13-22(34-7)14-25(18(23)3)30-19(4)20-8-10-21(11-9-20)31(5)6/h12-14,19-21,30H,8-11,15H2,1-7H3,(H,28,32)(H,29,33). The van der Waals surface area contributed by atoms with Crippen molar-refractivity contribution in [3.8, 4) is 5.75 Å². The third-order valence-corrected chi connectivity index (χ3v) is 7.34. The normalized spacial score (nSPS) is 19.1. The van der Waals surface area contributed by atoms with Crippen molar-refractivity contribution in [2.45, 2.75) is 72.0 Å². The van der Waals surface area contributed by atoms with E-state index in [1.54, 1.807) is 13.2 Å². The van der Waals surface area contributed by atoms with Gasteiger partial charge >= 0.3 is 0 Å². The van der Waals surface area contributed by atoms with Gasteiger partial charge in [-0.25, -0.2) is 0 Å². The van der Waals surface area contributed by atoms with E-state index in [0.717, 1.165) is 22.5 Å². The Morgan fingerprint density at radius 3 is 2.41 bits per heavy atom. The fourth-order valence-corrected chi connectivity index (χ4v) is 5.04. The summed E-state index contributed by atoms with van der Waals surface area (Å²) in [6, 6.07) is 6.59. The molecule has 3 rings (SSSR count). The van der Waals surface area contributed by atoms with E-state index in [1.807, 2.05) is 32.9 Å². The lowest BCUT2D eigenvalue weighted by Crippen LogP contribution is -2.36. The lowest BCUT2D eigenvalue weighted by Gasteiger charge is -2.36. The molecular weight excluding hydrogens is 428 g/mol. The molecule has 1 fully saturated rings. The maximum absolute atomic E-state index is 13.1. The SMILES string of the molecule is COc1cc(NC(C)C2CCC(N(C)C)CC2)c(C)c(C(=O)NCc2c(C)cc(C)[nH]c2=O)c1. The van der Waals surface area contributed by atoms with Crippen molar-refractivity contribution in [2.24, 2.45) is 5.92 Å². The van der Waals surface area contributed by atoms with Crippen molar-refractivity contribution < 1.29 is 9.53 Å². The summed E-state index contributed by atoms with van der Waals surface area (Å²) in [5.41, 5.74) is 4.41. The second-order valence-electron chi connectivity index (χ2n) is 9.94. The van der Waals surface area contributed by atoms with E-state index in [2.05, 4.69) is 41.5 Å². The summed E-state index contributed by atoms with van der Waals surface area (Å²) >= 11 is 0. The maximum atomic E-state index is 13.1. The Balaban J connectivity index is 1.74. The fourth-order valence-electron chi connectivity index (χ4n) is 5.04. The number of amides is 1. The average molecular weight is 469 g/mol. The third-order valence-electron chi connectivity index (χ3n) is 7.34. The highest BCUT2D eigenvalue weighted by atomic mass is 16.5. The van der Waals surface area contributed by atoms with Crippen LogP contribution >= 0.6 is 0 Å². The summed E-state index contributed by atoms with van der Waals surface area (Å²) in [6.45, 7) is 8.09. The first-order valence-corrected chi connectivity index (χ1v) is 12.2. The number of aromatic amines is 1. The molecule has 1 aromatic heterocycles. The van der Waals surface area contributed by atoms with E-state index >= 15 is 0 Å². The molecule has 2 aromatic rings. The molecule has 186 valence electrons. The van der Waals surface area contributed by atoms with E-state index in [0.29, 0.717) is 34.9 Å². The number of H-pyrrole nitrogens is 1. The monoisotopic (exact) mass is 468 g/mol. The maximum Gasteiger partial charge on any atom is 0.253 e. The molecule has 1 aromatic carbocycles. The van der Waals surface area contributed by atoms with E-state index in [4.69, 9.17) is 4.74 Å². The molecule has 7 nitrogen and oxygen atoms in total. The van der Waals surface area contributed by atoms with Crippen molar-refractivity contribution in [3.05, 3.63) is 56.5 Å². The van der Waals surface area contributed by atoms with Gasteiger partial charge in [0.05, 0.1) is 7.11 Å². The Morgan fingerprint density at radius 1 is 1.15 bits per heavy atom. The number of nitrogens with one attached hydrogen (secondary N) is 3. The zero-order chi connectivity index (χ0) is 25.0.